The number of hydrogen-bond acceptors (Lipinski definition) is 6. The van der Waals surface area contributed by atoms with Gasteiger partial charge in [0.05, 0.1) is 23.9 Å². The molecule has 2 heterocycles. The van der Waals surface area contributed by atoms with Gasteiger partial charge in [0.15, 0.2) is 0 Å². The van der Waals surface area contributed by atoms with Crippen LogP contribution in [-0.2, 0) is 0 Å². The van der Waals surface area contributed by atoms with E-state index >= 15 is 0 Å². The molecule has 0 saturated carbocycles. The molecule has 0 aliphatic carbocycles. The number of aliphatic hydroxyl groups excluding tert-OH is 1. The Bertz CT molecular complexity index is 1390. The molecule has 1 saturated heterocycles. The van der Waals surface area contributed by atoms with Crippen molar-refractivity contribution < 1.29 is 10.2 Å². The number of anilines is 3. The van der Waals surface area contributed by atoms with E-state index in [1.54, 1.807) is 18.5 Å². The lowest BCUT2D eigenvalue weighted by molar-refractivity contribution is 0.0889. The number of fused-ring (bicyclic) bond motifs is 1. The Morgan fingerprint density at radius 3 is 2.57 bits per heavy atom. The highest BCUT2D eigenvalue weighted by molar-refractivity contribution is 5.95. The van der Waals surface area contributed by atoms with Gasteiger partial charge in [0.1, 0.15) is 17.9 Å². The Labute approximate surface area is 205 Å². The van der Waals surface area contributed by atoms with Crippen molar-refractivity contribution in [1.82, 2.24) is 14.9 Å². The maximum absolute atomic E-state index is 9.98. The summed E-state index contributed by atoms with van der Waals surface area (Å²) < 4.78 is 0. The fourth-order valence-electron chi connectivity index (χ4n) is 4.47. The number of nitrogens with zero attached hydrogens (tertiary/aromatic N) is 4. The lowest BCUT2D eigenvalue weighted by atomic mass is 10.1. The molecule has 4 aromatic rings. The van der Waals surface area contributed by atoms with Gasteiger partial charge in [-0.05, 0) is 73.9 Å². The SMILES string of the molecule is Cc1cc(O)ccc1N(c1ccccc1)c1ncnc2ccc(C#CCN3CCC(O)CC3)cc12. The smallest absolute Gasteiger partial charge is 0.148 e. The molecule has 5 rings (SSSR count). The van der Waals surface area contributed by atoms with Crippen LogP contribution in [0.2, 0.25) is 0 Å². The first-order chi connectivity index (χ1) is 17.1. The number of para-hydroxylation sites is 1. The zero-order valence-electron chi connectivity index (χ0n) is 19.7. The van der Waals surface area contributed by atoms with Crippen molar-refractivity contribution in [2.75, 3.05) is 24.5 Å². The summed E-state index contributed by atoms with van der Waals surface area (Å²) in [6.07, 6.45) is 3.02. The van der Waals surface area contributed by atoms with Crippen LogP contribution in [0.3, 0.4) is 0 Å². The van der Waals surface area contributed by atoms with Gasteiger partial charge in [0, 0.05) is 29.7 Å². The molecule has 0 unspecified atom stereocenters. The van der Waals surface area contributed by atoms with Gasteiger partial charge in [0.25, 0.3) is 0 Å². The third-order valence-electron chi connectivity index (χ3n) is 6.35. The van der Waals surface area contributed by atoms with Crippen LogP contribution in [0.4, 0.5) is 17.2 Å². The average Bonchev–Trinajstić information content (AvgIpc) is 2.87. The van der Waals surface area contributed by atoms with Crippen molar-refractivity contribution in [2.24, 2.45) is 0 Å². The van der Waals surface area contributed by atoms with Gasteiger partial charge in [-0.1, -0.05) is 30.0 Å². The molecule has 0 spiro atoms. The predicted molar refractivity (Wildman–Crippen MR) is 139 cm³/mol. The molecule has 6 heteroatoms. The van der Waals surface area contributed by atoms with Crippen LogP contribution >= 0.6 is 0 Å². The number of phenolic OH excluding ortho intramolecular Hbond substituents is 1. The van der Waals surface area contributed by atoms with Crippen LogP contribution in [0.15, 0.2) is 73.1 Å². The van der Waals surface area contributed by atoms with Gasteiger partial charge in [0.2, 0.25) is 0 Å². The fourth-order valence-corrected chi connectivity index (χ4v) is 4.47. The van der Waals surface area contributed by atoms with Crippen molar-refractivity contribution >= 4 is 28.1 Å². The van der Waals surface area contributed by atoms with Crippen molar-refractivity contribution in [1.29, 1.82) is 0 Å². The number of aliphatic hydroxyl groups is 1. The molecule has 0 amide bonds. The molecular formula is C29H28N4O2. The molecule has 35 heavy (non-hydrogen) atoms. The first-order valence-electron chi connectivity index (χ1n) is 11.9. The highest BCUT2D eigenvalue weighted by Crippen LogP contribution is 2.39. The highest BCUT2D eigenvalue weighted by Gasteiger charge is 2.19. The maximum Gasteiger partial charge on any atom is 0.148 e. The van der Waals surface area contributed by atoms with E-state index < -0.39 is 0 Å². The molecule has 1 fully saturated rings. The molecule has 2 N–H and O–H groups in total. The van der Waals surface area contributed by atoms with Gasteiger partial charge >= 0.3 is 0 Å². The first kappa shape index (κ1) is 22.9. The summed E-state index contributed by atoms with van der Waals surface area (Å²) in [5, 5.41) is 20.6. The maximum atomic E-state index is 9.98. The Kier molecular flexibility index (Phi) is 6.62. The van der Waals surface area contributed by atoms with E-state index in [-0.39, 0.29) is 11.9 Å². The van der Waals surface area contributed by atoms with E-state index in [0.717, 1.165) is 65.2 Å². The number of phenols is 1. The molecule has 6 nitrogen and oxygen atoms in total. The fraction of sp³-hybridized carbons (Fsp3) is 0.241. The minimum Gasteiger partial charge on any atom is -0.508 e. The zero-order chi connectivity index (χ0) is 24.2. The van der Waals surface area contributed by atoms with Gasteiger partial charge in [-0.2, -0.15) is 0 Å². The number of benzene rings is 3. The summed E-state index contributed by atoms with van der Waals surface area (Å²) in [5.74, 6) is 7.57. The van der Waals surface area contributed by atoms with Crippen LogP contribution in [0.25, 0.3) is 10.9 Å². The summed E-state index contributed by atoms with van der Waals surface area (Å²) in [5.41, 5.74) is 4.56. The molecule has 0 radical (unpaired) electrons. The van der Waals surface area contributed by atoms with E-state index in [0.29, 0.717) is 6.54 Å². The zero-order valence-corrected chi connectivity index (χ0v) is 19.7. The van der Waals surface area contributed by atoms with E-state index in [9.17, 15) is 10.2 Å². The van der Waals surface area contributed by atoms with E-state index in [4.69, 9.17) is 4.98 Å². The van der Waals surface area contributed by atoms with Crippen molar-refractivity contribution in [3.63, 3.8) is 0 Å². The van der Waals surface area contributed by atoms with Crippen LogP contribution in [0.1, 0.15) is 24.0 Å². The number of aromatic hydroxyl groups is 1. The third kappa shape index (κ3) is 5.12. The normalized spacial score (nSPS) is 14.5. The lowest BCUT2D eigenvalue weighted by Gasteiger charge is -2.27. The number of likely N-dealkylation sites (tertiary alicyclic amines) is 1. The number of rotatable bonds is 4. The second kappa shape index (κ2) is 10.1. The summed E-state index contributed by atoms with van der Waals surface area (Å²) in [6.45, 7) is 4.42. The van der Waals surface area contributed by atoms with Gasteiger partial charge < -0.3 is 10.2 Å². The van der Waals surface area contributed by atoms with E-state index in [1.807, 2.05) is 61.5 Å². The van der Waals surface area contributed by atoms with Crippen molar-refractivity contribution in [2.45, 2.75) is 25.9 Å². The second-order valence-electron chi connectivity index (χ2n) is 8.88. The summed E-state index contributed by atoms with van der Waals surface area (Å²) in [7, 11) is 0. The van der Waals surface area contributed by atoms with Crippen LogP contribution in [-0.4, -0.2) is 50.8 Å². The Morgan fingerprint density at radius 1 is 1.00 bits per heavy atom. The van der Waals surface area contributed by atoms with Crippen molar-refractivity contribution in [3.8, 4) is 17.6 Å². The first-order valence-corrected chi connectivity index (χ1v) is 11.9. The average molecular weight is 465 g/mol. The molecule has 0 bridgehead atoms. The summed E-state index contributed by atoms with van der Waals surface area (Å²) >= 11 is 0. The largest absolute Gasteiger partial charge is 0.508 e. The number of aryl methyl sites for hydroxylation is 1. The Balaban J connectivity index is 1.54. The highest BCUT2D eigenvalue weighted by atomic mass is 16.3. The standard InChI is InChI=1S/C29H28N4O2/c1-21-18-25(35)10-12-28(21)33(23-7-3-2-4-8-23)29-26-19-22(9-11-27(26)30-20-31-29)6-5-15-32-16-13-24(34)14-17-32/h2-4,7-12,18-20,24,34-35H,13-17H2,1H3. The molecule has 1 aromatic heterocycles. The number of piperidine rings is 1. The molecule has 3 aromatic carbocycles. The number of aromatic nitrogens is 2. The molecule has 176 valence electrons. The van der Waals surface area contributed by atoms with Crippen LogP contribution in [0.5, 0.6) is 5.75 Å². The molecular weight excluding hydrogens is 436 g/mol. The quantitative estimate of drug-likeness (QED) is 0.418. The molecule has 1 aliphatic heterocycles. The van der Waals surface area contributed by atoms with E-state index in [2.05, 4.69) is 26.6 Å². The number of hydrogen-bond donors (Lipinski definition) is 2. The molecule has 1 aliphatic rings. The van der Waals surface area contributed by atoms with E-state index in [1.165, 1.54) is 0 Å². The monoisotopic (exact) mass is 464 g/mol. The summed E-state index contributed by atoms with van der Waals surface area (Å²) in [4.78, 5) is 13.6. The second-order valence-corrected chi connectivity index (χ2v) is 8.88. The Hall–Kier alpha value is -3.92. The van der Waals surface area contributed by atoms with Gasteiger partial charge in [-0.15, -0.1) is 0 Å². The predicted octanol–water partition coefficient (Wildman–Crippen LogP) is 4.92. The van der Waals surface area contributed by atoms with Gasteiger partial charge in [-0.25, -0.2) is 9.97 Å². The van der Waals surface area contributed by atoms with Crippen molar-refractivity contribution in [3.05, 3.63) is 84.2 Å². The summed E-state index contributed by atoms with van der Waals surface area (Å²) in [6, 6.07) is 21.4. The lowest BCUT2D eigenvalue weighted by Crippen LogP contribution is -2.35. The minimum atomic E-state index is -0.178. The Morgan fingerprint density at radius 2 is 1.80 bits per heavy atom. The minimum absolute atomic E-state index is 0.178. The third-order valence-corrected chi connectivity index (χ3v) is 6.35. The van der Waals surface area contributed by atoms with Crippen LogP contribution in [0, 0.1) is 18.8 Å². The molecule has 0 atom stereocenters. The van der Waals surface area contributed by atoms with Gasteiger partial charge in [-0.3, -0.25) is 9.80 Å². The van der Waals surface area contributed by atoms with Crippen LogP contribution < -0.4 is 4.90 Å². The topological polar surface area (TPSA) is 72.7 Å².